The minimum atomic E-state index is -0.278. The summed E-state index contributed by atoms with van der Waals surface area (Å²) in [6.45, 7) is 4.31. The van der Waals surface area contributed by atoms with Crippen LogP contribution >= 0.6 is 11.3 Å². The van der Waals surface area contributed by atoms with E-state index in [1.807, 2.05) is 32.0 Å². The van der Waals surface area contributed by atoms with Gasteiger partial charge in [-0.3, -0.25) is 10.1 Å². The average Bonchev–Trinajstić information content (AvgIpc) is 3.18. The summed E-state index contributed by atoms with van der Waals surface area (Å²) >= 11 is 1.36. The van der Waals surface area contributed by atoms with E-state index in [2.05, 4.69) is 27.4 Å². The van der Waals surface area contributed by atoms with Gasteiger partial charge in [-0.05, 0) is 32.3 Å². The smallest absolute Gasteiger partial charge is 0.257 e. The molecule has 146 valence electrons. The van der Waals surface area contributed by atoms with Gasteiger partial charge in [0.1, 0.15) is 0 Å². The van der Waals surface area contributed by atoms with Crippen molar-refractivity contribution in [3.63, 3.8) is 0 Å². The minimum absolute atomic E-state index is 0.0595. The Labute approximate surface area is 168 Å². The van der Waals surface area contributed by atoms with Crippen LogP contribution in [-0.2, 0) is 6.42 Å². The molecule has 0 aliphatic carbocycles. The number of amides is 1. The van der Waals surface area contributed by atoms with Crippen LogP contribution in [0, 0.1) is 0 Å². The number of carbonyl (C=O) groups excluding carboxylic acids is 1. The van der Waals surface area contributed by atoms with E-state index >= 15 is 0 Å². The lowest BCUT2D eigenvalue weighted by Crippen LogP contribution is -2.14. The zero-order chi connectivity index (χ0) is 19.8. The first kappa shape index (κ1) is 19.8. The number of carbonyl (C=O) groups is 1. The number of benzene rings is 1. The van der Waals surface area contributed by atoms with E-state index in [-0.39, 0.29) is 12.0 Å². The van der Waals surface area contributed by atoms with Crippen LogP contribution in [0.1, 0.15) is 36.2 Å². The van der Waals surface area contributed by atoms with E-state index < -0.39 is 0 Å². The molecule has 1 amide bonds. The van der Waals surface area contributed by atoms with Crippen LogP contribution in [0.15, 0.2) is 54.0 Å². The van der Waals surface area contributed by atoms with E-state index in [9.17, 15) is 4.79 Å². The maximum Gasteiger partial charge on any atom is 0.257 e. The Kier molecular flexibility index (Phi) is 6.97. The van der Waals surface area contributed by atoms with Crippen LogP contribution in [0.5, 0.6) is 11.8 Å². The Balaban J connectivity index is 1.65. The number of aromatic nitrogens is 2. The second kappa shape index (κ2) is 9.85. The Morgan fingerprint density at radius 1 is 1.18 bits per heavy atom. The van der Waals surface area contributed by atoms with Crippen molar-refractivity contribution in [3.8, 4) is 11.8 Å². The molecule has 2 aromatic heterocycles. The number of thiazole rings is 1. The van der Waals surface area contributed by atoms with Crippen molar-refractivity contribution < 1.29 is 14.3 Å². The molecular weight excluding hydrogens is 374 g/mol. The molecule has 0 fully saturated rings. The molecule has 3 aromatic rings. The van der Waals surface area contributed by atoms with Gasteiger partial charge >= 0.3 is 0 Å². The summed E-state index contributed by atoms with van der Waals surface area (Å²) in [5, 5.41) is 5.11. The topological polar surface area (TPSA) is 73.3 Å². The summed E-state index contributed by atoms with van der Waals surface area (Å²) in [5.74, 6) is 0.454. The number of nitrogens with zero attached hydrogens (tertiary/aromatic N) is 2. The summed E-state index contributed by atoms with van der Waals surface area (Å²) in [5.41, 5.74) is 1.68. The molecular formula is C21H23N3O3S. The zero-order valence-corrected chi connectivity index (χ0v) is 16.7. The van der Waals surface area contributed by atoms with Crippen LogP contribution in [0.4, 0.5) is 5.13 Å². The van der Waals surface area contributed by atoms with Crippen molar-refractivity contribution in [2.45, 2.75) is 32.8 Å². The fourth-order valence-electron chi connectivity index (χ4n) is 2.54. The number of nitrogens with one attached hydrogen (secondary N) is 1. The number of pyridine rings is 1. The third kappa shape index (κ3) is 6.06. The lowest BCUT2D eigenvalue weighted by molar-refractivity contribution is 0.102. The molecule has 28 heavy (non-hydrogen) atoms. The second-order valence-corrected chi connectivity index (χ2v) is 7.32. The summed E-state index contributed by atoms with van der Waals surface area (Å²) in [4.78, 5) is 21.0. The lowest BCUT2D eigenvalue weighted by Gasteiger charge is -2.13. The summed E-state index contributed by atoms with van der Waals surface area (Å²) in [6.07, 6.45) is 3.35. The highest BCUT2D eigenvalue weighted by atomic mass is 32.1. The predicted octanol–water partition coefficient (Wildman–Crippen LogP) is 4.59. The van der Waals surface area contributed by atoms with Gasteiger partial charge in [-0.25, -0.2) is 4.98 Å². The fourth-order valence-corrected chi connectivity index (χ4v) is 3.06. The Morgan fingerprint density at radius 3 is 2.68 bits per heavy atom. The molecule has 6 nitrogen and oxygen atoms in total. The van der Waals surface area contributed by atoms with Gasteiger partial charge in [0.05, 0.1) is 18.3 Å². The van der Waals surface area contributed by atoms with Crippen LogP contribution < -0.4 is 14.8 Å². The van der Waals surface area contributed by atoms with Crippen LogP contribution in [0.3, 0.4) is 0 Å². The van der Waals surface area contributed by atoms with Gasteiger partial charge in [0.15, 0.2) is 5.13 Å². The number of anilines is 1. The number of hydrogen-bond donors (Lipinski definition) is 1. The third-order valence-electron chi connectivity index (χ3n) is 3.75. The van der Waals surface area contributed by atoms with Crippen molar-refractivity contribution in [1.29, 1.82) is 0 Å². The maximum atomic E-state index is 12.5. The van der Waals surface area contributed by atoms with Gasteiger partial charge in [0.2, 0.25) is 11.8 Å². The van der Waals surface area contributed by atoms with Gasteiger partial charge in [-0.15, -0.1) is 11.3 Å². The van der Waals surface area contributed by atoms with E-state index in [0.717, 1.165) is 12.8 Å². The van der Waals surface area contributed by atoms with Gasteiger partial charge in [0, 0.05) is 23.7 Å². The molecule has 0 aliphatic heterocycles. The molecule has 0 radical (unpaired) electrons. The average molecular weight is 398 g/mol. The molecule has 2 heterocycles. The quantitative estimate of drug-likeness (QED) is 0.535. The molecule has 0 bridgehead atoms. The summed E-state index contributed by atoms with van der Waals surface area (Å²) in [7, 11) is 0. The first-order valence-electron chi connectivity index (χ1n) is 9.16. The summed E-state index contributed by atoms with van der Waals surface area (Å²) < 4.78 is 11.5. The molecule has 0 unspecified atom stereocenters. The number of ether oxygens (including phenoxy) is 2. The highest BCUT2D eigenvalue weighted by Crippen LogP contribution is 2.21. The van der Waals surface area contributed by atoms with Crippen molar-refractivity contribution in [2.75, 3.05) is 11.9 Å². The van der Waals surface area contributed by atoms with E-state index in [4.69, 9.17) is 9.47 Å². The predicted molar refractivity (Wildman–Crippen MR) is 110 cm³/mol. The van der Waals surface area contributed by atoms with Crippen molar-refractivity contribution in [3.05, 3.63) is 65.2 Å². The molecule has 0 saturated carbocycles. The third-order valence-corrected chi connectivity index (χ3v) is 4.44. The molecule has 0 spiro atoms. The van der Waals surface area contributed by atoms with Crippen LogP contribution in [0.25, 0.3) is 0 Å². The van der Waals surface area contributed by atoms with Crippen LogP contribution in [0.2, 0.25) is 0 Å². The van der Waals surface area contributed by atoms with Crippen molar-refractivity contribution in [1.82, 2.24) is 9.97 Å². The maximum absolute atomic E-state index is 12.5. The molecule has 0 saturated heterocycles. The Morgan fingerprint density at radius 2 is 1.96 bits per heavy atom. The minimum Gasteiger partial charge on any atom is -0.478 e. The largest absolute Gasteiger partial charge is 0.478 e. The van der Waals surface area contributed by atoms with Gasteiger partial charge in [0.25, 0.3) is 5.91 Å². The molecule has 0 atom stereocenters. The molecule has 1 aromatic carbocycles. The second-order valence-electron chi connectivity index (χ2n) is 6.43. The Hall–Kier alpha value is -2.93. The normalized spacial score (nSPS) is 10.7. The molecule has 1 N–H and O–H groups in total. The zero-order valence-electron chi connectivity index (χ0n) is 15.9. The SMILES string of the molecule is CC(C)Oc1cc(C(=O)Nc2nccs2)cc(OCCCc2ccccc2)n1. The van der Waals surface area contributed by atoms with E-state index in [1.165, 1.54) is 16.9 Å². The first-order chi connectivity index (χ1) is 13.6. The fraction of sp³-hybridized carbons (Fsp3) is 0.286. The van der Waals surface area contributed by atoms with Crippen molar-refractivity contribution in [2.24, 2.45) is 0 Å². The molecule has 3 rings (SSSR count). The van der Waals surface area contributed by atoms with Gasteiger partial charge in [-0.2, -0.15) is 4.98 Å². The number of rotatable bonds is 9. The Bertz CT molecular complexity index is 883. The lowest BCUT2D eigenvalue weighted by atomic mass is 10.1. The molecule has 7 heteroatoms. The highest BCUT2D eigenvalue weighted by Gasteiger charge is 2.14. The van der Waals surface area contributed by atoms with Crippen molar-refractivity contribution >= 4 is 22.4 Å². The van der Waals surface area contributed by atoms with E-state index in [1.54, 1.807) is 23.7 Å². The summed E-state index contributed by atoms with van der Waals surface area (Å²) in [6, 6.07) is 13.5. The monoisotopic (exact) mass is 397 g/mol. The number of hydrogen-bond acceptors (Lipinski definition) is 6. The van der Waals surface area contributed by atoms with Gasteiger partial charge < -0.3 is 9.47 Å². The standard InChI is InChI=1S/C21H23N3O3S/c1-15(2)27-19-14-17(20(25)24-21-22-10-12-28-21)13-18(23-19)26-11-6-9-16-7-4-3-5-8-16/h3-5,7-8,10,12-15H,6,9,11H2,1-2H3,(H,22,24,25). The highest BCUT2D eigenvalue weighted by molar-refractivity contribution is 7.13. The van der Waals surface area contributed by atoms with Gasteiger partial charge in [-0.1, -0.05) is 30.3 Å². The first-order valence-corrected chi connectivity index (χ1v) is 10.0. The molecule has 0 aliphatic rings. The number of aryl methyl sites for hydroxylation is 1. The van der Waals surface area contributed by atoms with Crippen LogP contribution in [-0.4, -0.2) is 28.6 Å². The van der Waals surface area contributed by atoms with E-state index in [0.29, 0.717) is 29.1 Å².